The number of amides is 1. The van der Waals surface area contributed by atoms with Crippen molar-refractivity contribution < 1.29 is 59.0 Å². The molecule has 0 aliphatic carbocycles. The summed E-state index contributed by atoms with van der Waals surface area (Å²) in [5.41, 5.74) is 0. The van der Waals surface area contributed by atoms with E-state index in [1.54, 1.807) is 0 Å². The molecule has 2 atom stereocenters. The van der Waals surface area contributed by atoms with Crippen LogP contribution in [0.1, 0.15) is 91.8 Å². The van der Waals surface area contributed by atoms with Crippen molar-refractivity contribution in [3.8, 4) is 0 Å². The summed E-state index contributed by atoms with van der Waals surface area (Å²) in [6.07, 6.45) is 12.6. The van der Waals surface area contributed by atoms with E-state index in [-0.39, 0.29) is 43.9 Å². The van der Waals surface area contributed by atoms with E-state index in [1.165, 1.54) is 51.4 Å². The van der Waals surface area contributed by atoms with Gasteiger partial charge in [-0.3, -0.25) is 9.35 Å². The Morgan fingerprint density at radius 3 is 1.75 bits per heavy atom. The Hall–Kier alpha value is 0.300. The van der Waals surface area contributed by atoms with Gasteiger partial charge in [-0.1, -0.05) is 84.0 Å². The maximum atomic E-state index is 11.9. The van der Waals surface area contributed by atoms with Crippen LogP contribution in [-0.4, -0.2) is 53.6 Å². The van der Waals surface area contributed by atoms with E-state index >= 15 is 0 Å². The van der Waals surface area contributed by atoms with Crippen LogP contribution in [0.2, 0.25) is 0 Å². The van der Waals surface area contributed by atoms with Crippen LogP contribution in [0.25, 0.3) is 0 Å². The van der Waals surface area contributed by atoms with Gasteiger partial charge < -0.3 is 17.0 Å². The molecule has 0 bridgehead atoms. The first kappa shape index (κ1) is 30.5. The standard InChI is InChI=1S/C19H39NO6S.Na.H/c1-2-3-4-5-6-7-8-9-10-11-12-13-14-18(27(24,25)26)19(23)20-15-17(22)16-21;;/h17-18,21-22H,2-16H2,1H3,(H,20,23)(H,24,25,26);;/q;+1;-1. The van der Waals surface area contributed by atoms with E-state index in [1.807, 2.05) is 0 Å². The second kappa shape index (κ2) is 19.3. The molecule has 0 aliphatic heterocycles. The molecule has 1 amide bonds. The molecule has 164 valence electrons. The number of carbonyl (C=O) groups excluding carboxylic acids is 1. The van der Waals surface area contributed by atoms with E-state index in [9.17, 15) is 22.9 Å². The molecule has 0 aromatic heterocycles. The monoisotopic (exact) mass is 433 g/mol. The summed E-state index contributed by atoms with van der Waals surface area (Å²) in [6.45, 7) is 1.43. The first-order valence-corrected chi connectivity index (χ1v) is 11.9. The van der Waals surface area contributed by atoms with Crippen molar-refractivity contribution in [2.24, 2.45) is 0 Å². The van der Waals surface area contributed by atoms with Gasteiger partial charge in [-0.2, -0.15) is 8.42 Å². The fourth-order valence-electron chi connectivity index (χ4n) is 2.98. The molecule has 0 aromatic carbocycles. The summed E-state index contributed by atoms with van der Waals surface area (Å²) in [4.78, 5) is 11.9. The quantitative estimate of drug-likeness (QED) is 0.136. The summed E-state index contributed by atoms with van der Waals surface area (Å²) < 4.78 is 32.1. The Bertz CT molecular complexity index is 481. The molecule has 4 N–H and O–H groups in total. The van der Waals surface area contributed by atoms with Crippen LogP contribution in [0.15, 0.2) is 0 Å². The largest absolute Gasteiger partial charge is 1.00 e. The van der Waals surface area contributed by atoms with Gasteiger partial charge in [0.1, 0.15) is 0 Å². The van der Waals surface area contributed by atoms with Crippen molar-refractivity contribution in [1.29, 1.82) is 0 Å². The molecule has 0 saturated heterocycles. The summed E-state index contributed by atoms with van der Waals surface area (Å²) >= 11 is 0. The number of hydrogen-bond acceptors (Lipinski definition) is 5. The molecule has 0 spiro atoms. The van der Waals surface area contributed by atoms with Crippen LogP contribution in [0.3, 0.4) is 0 Å². The third kappa shape index (κ3) is 17.2. The van der Waals surface area contributed by atoms with Gasteiger partial charge in [0.25, 0.3) is 10.1 Å². The zero-order valence-corrected chi connectivity index (χ0v) is 20.6. The van der Waals surface area contributed by atoms with Crippen molar-refractivity contribution in [2.75, 3.05) is 13.2 Å². The molecule has 9 heteroatoms. The molecule has 0 fully saturated rings. The predicted molar refractivity (Wildman–Crippen MR) is 108 cm³/mol. The normalized spacial score (nSPS) is 13.6. The molecule has 0 radical (unpaired) electrons. The minimum atomic E-state index is -4.49. The number of unbranched alkanes of at least 4 members (excludes halogenated alkanes) is 11. The molecule has 28 heavy (non-hydrogen) atoms. The van der Waals surface area contributed by atoms with Crippen LogP contribution in [0.4, 0.5) is 0 Å². The van der Waals surface area contributed by atoms with Crippen LogP contribution in [-0.2, 0) is 14.9 Å². The number of hydrogen-bond donors (Lipinski definition) is 4. The minimum Gasteiger partial charge on any atom is -1.00 e. The van der Waals surface area contributed by atoms with Crippen LogP contribution >= 0.6 is 0 Å². The third-order valence-corrected chi connectivity index (χ3v) is 5.86. The molecular formula is C19H40NNaO6S. The van der Waals surface area contributed by atoms with Crippen molar-refractivity contribution in [3.05, 3.63) is 0 Å². The van der Waals surface area contributed by atoms with E-state index in [0.29, 0.717) is 6.42 Å². The Morgan fingerprint density at radius 1 is 0.929 bits per heavy atom. The molecule has 0 rings (SSSR count). The SMILES string of the molecule is CCCCCCCCCCCCCCC(C(=O)NCC(O)CO)S(=O)(=O)O.[H-].[Na+]. The topological polar surface area (TPSA) is 124 Å². The second-order valence-corrected chi connectivity index (χ2v) is 8.86. The Morgan fingerprint density at radius 2 is 1.36 bits per heavy atom. The smallest absolute Gasteiger partial charge is 1.00 e. The zero-order chi connectivity index (χ0) is 20.5. The number of aliphatic hydroxyl groups excluding tert-OH is 2. The molecule has 2 unspecified atom stereocenters. The van der Waals surface area contributed by atoms with Crippen molar-refractivity contribution in [1.82, 2.24) is 5.32 Å². The Balaban J connectivity index is -0.00000338. The van der Waals surface area contributed by atoms with E-state index in [0.717, 1.165) is 19.3 Å². The fraction of sp³-hybridized carbons (Fsp3) is 0.947. The third-order valence-electron chi connectivity index (χ3n) is 4.69. The number of aliphatic hydroxyl groups is 2. The average Bonchev–Trinajstić information content (AvgIpc) is 2.62. The minimum absolute atomic E-state index is 0. The zero-order valence-electron chi connectivity index (χ0n) is 18.7. The Labute approximate surface area is 194 Å². The summed E-state index contributed by atoms with van der Waals surface area (Å²) in [6, 6.07) is 0. The van der Waals surface area contributed by atoms with Gasteiger partial charge in [-0.15, -0.1) is 0 Å². The average molecular weight is 434 g/mol. The Kier molecular flexibility index (Phi) is 21.0. The first-order valence-electron chi connectivity index (χ1n) is 10.4. The fourth-order valence-corrected chi connectivity index (χ4v) is 3.80. The first-order chi connectivity index (χ1) is 12.8. The summed E-state index contributed by atoms with van der Waals surface area (Å²) in [5, 5.41) is 18.6. The van der Waals surface area contributed by atoms with Crippen molar-refractivity contribution >= 4 is 16.0 Å². The van der Waals surface area contributed by atoms with Crippen LogP contribution in [0, 0.1) is 0 Å². The summed E-state index contributed by atoms with van der Waals surface area (Å²) in [5.74, 6) is -0.840. The number of carbonyl (C=O) groups is 1. The van der Waals surface area contributed by atoms with Crippen LogP contribution in [0.5, 0.6) is 0 Å². The van der Waals surface area contributed by atoms with E-state index in [4.69, 9.17) is 5.11 Å². The molecular weight excluding hydrogens is 393 g/mol. The number of nitrogens with one attached hydrogen (secondary N) is 1. The van der Waals surface area contributed by atoms with Gasteiger partial charge >= 0.3 is 29.6 Å². The maximum absolute atomic E-state index is 11.9. The van der Waals surface area contributed by atoms with Crippen LogP contribution < -0.4 is 34.9 Å². The van der Waals surface area contributed by atoms with Gasteiger partial charge in [0, 0.05) is 6.54 Å². The van der Waals surface area contributed by atoms with Crippen molar-refractivity contribution in [3.63, 3.8) is 0 Å². The van der Waals surface area contributed by atoms with Gasteiger partial charge in [0.05, 0.1) is 12.7 Å². The molecule has 0 aliphatic rings. The van der Waals surface area contributed by atoms with Gasteiger partial charge in [0.15, 0.2) is 5.25 Å². The van der Waals surface area contributed by atoms with E-state index in [2.05, 4.69) is 12.2 Å². The van der Waals surface area contributed by atoms with Crippen molar-refractivity contribution in [2.45, 2.75) is 102 Å². The molecule has 7 nitrogen and oxygen atoms in total. The second-order valence-electron chi connectivity index (χ2n) is 7.26. The number of rotatable bonds is 18. The van der Waals surface area contributed by atoms with E-state index < -0.39 is 34.0 Å². The van der Waals surface area contributed by atoms with Gasteiger partial charge in [-0.25, -0.2) is 0 Å². The molecule has 0 heterocycles. The maximum Gasteiger partial charge on any atom is 1.00 e. The molecule has 0 aromatic rings. The van der Waals surface area contributed by atoms with Gasteiger partial charge in [0.2, 0.25) is 5.91 Å². The molecule has 0 saturated carbocycles. The predicted octanol–water partition coefficient (Wildman–Crippen LogP) is -0.0801. The summed E-state index contributed by atoms with van der Waals surface area (Å²) in [7, 11) is -4.49. The van der Waals surface area contributed by atoms with Gasteiger partial charge in [-0.05, 0) is 6.42 Å².